The van der Waals surface area contributed by atoms with Crippen LogP contribution < -0.4 is 4.74 Å². The van der Waals surface area contributed by atoms with E-state index in [0.29, 0.717) is 17.7 Å². The van der Waals surface area contributed by atoms with Gasteiger partial charge in [0.25, 0.3) is 0 Å². The van der Waals surface area contributed by atoms with E-state index in [0.717, 1.165) is 0 Å². The SMILES string of the molecule is O=C(CCC=NO)c1ccc(OCC(O)CO)cc1. The van der Waals surface area contributed by atoms with Crippen LogP contribution >= 0.6 is 0 Å². The Kier molecular flexibility index (Phi) is 6.56. The van der Waals surface area contributed by atoms with Crippen molar-refractivity contribution in [2.45, 2.75) is 18.9 Å². The van der Waals surface area contributed by atoms with Gasteiger partial charge < -0.3 is 20.2 Å². The fourth-order valence-electron chi connectivity index (χ4n) is 1.38. The van der Waals surface area contributed by atoms with Gasteiger partial charge in [-0.2, -0.15) is 0 Å². The van der Waals surface area contributed by atoms with E-state index >= 15 is 0 Å². The topological polar surface area (TPSA) is 99.4 Å². The molecule has 0 radical (unpaired) electrons. The van der Waals surface area contributed by atoms with E-state index in [2.05, 4.69) is 5.16 Å². The van der Waals surface area contributed by atoms with Gasteiger partial charge in [0, 0.05) is 18.2 Å². The average molecular weight is 267 g/mol. The Morgan fingerprint density at radius 2 is 2.05 bits per heavy atom. The number of Topliss-reactive ketones (excluding diaryl/α,β-unsaturated/α-hetero) is 1. The highest BCUT2D eigenvalue weighted by Crippen LogP contribution is 2.14. The van der Waals surface area contributed by atoms with Gasteiger partial charge in [-0.3, -0.25) is 4.79 Å². The maximum atomic E-state index is 11.7. The number of hydrogen-bond donors (Lipinski definition) is 3. The predicted octanol–water partition coefficient (Wildman–Crippen LogP) is 0.841. The monoisotopic (exact) mass is 267 g/mol. The zero-order chi connectivity index (χ0) is 14.1. The molecule has 19 heavy (non-hydrogen) atoms. The second-order valence-corrected chi connectivity index (χ2v) is 3.93. The van der Waals surface area contributed by atoms with Crippen molar-refractivity contribution in [2.75, 3.05) is 13.2 Å². The minimum absolute atomic E-state index is 0.00322. The Morgan fingerprint density at radius 1 is 1.37 bits per heavy atom. The van der Waals surface area contributed by atoms with Gasteiger partial charge >= 0.3 is 0 Å². The molecule has 0 amide bonds. The number of carbonyl (C=O) groups is 1. The van der Waals surface area contributed by atoms with Crippen LogP contribution in [0.1, 0.15) is 23.2 Å². The molecule has 0 bridgehead atoms. The molecular weight excluding hydrogens is 250 g/mol. The van der Waals surface area contributed by atoms with Crippen LogP contribution in [0.2, 0.25) is 0 Å². The summed E-state index contributed by atoms with van der Waals surface area (Å²) in [6, 6.07) is 6.49. The van der Waals surface area contributed by atoms with Crippen molar-refractivity contribution in [1.29, 1.82) is 0 Å². The Hall–Kier alpha value is -1.92. The van der Waals surface area contributed by atoms with Crippen molar-refractivity contribution in [3.05, 3.63) is 29.8 Å². The minimum Gasteiger partial charge on any atom is -0.491 e. The molecule has 0 fully saturated rings. The van der Waals surface area contributed by atoms with E-state index in [-0.39, 0.29) is 25.4 Å². The lowest BCUT2D eigenvalue weighted by atomic mass is 10.1. The summed E-state index contributed by atoms with van der Waals surface area (Å²) in [5.74, 6) is 0.461. The third-order valence-electron chi connectivity index (χ3n) is 2.41. The summed E-state index contributed by atoms with van der Waals surface area (Å²) in [5.41, 5.74) is 0.543. The summed E-state index contributed by atoms with van der Waals surface area (Å²) in [5, 5.41) is 28.8. The van der Waals surface area contributed by atoms with Crippen LogP contribution in [0.4, 0.5) is 0 Å². The maximum Gasteiger partial charge on any atom is 0.163 e. The second kappa shape index (κ2) is 8.23. The van der Waals surface area contributed by atoms with Crippen LogP contribution in [0.3, 0.4) is 0 Å². The lowest BCUT2D eigenvalue weighted by Gasteiger charge is -2.10. The van der Waals surface area contributed by atoms with Gasteiger partial charge in [-0.05, 0) is 30.7 Å². The molecule has 0 aliphatic carbocycles. The number of oxime groups is 1. The fourth-order valence-corrected chi connectivity index (χ4v) is 1.38. The number of aliphatic hydroxyl groups excluding tert-OH is 2. The third kappa shape index (κ3) is 5.50. The van der Waals surface area contributed by atoms with Crippen LogP contribution in [-0.2, 0) is 0 Å². The number of ether oxygens (including phenoxy) is 1. The van der Waals surface area contributed by atoms with Crippen molar-refractivity contribution in [3.63, 3.8) is 0 Å². The van der Waals surface area contributed by atoms with Gasteiger partial charge in [0.05, 0.1) is 6.61 Å². The number of ketones is 1. The Balaban J connectivity index is 2.48. The first-order chi connectivity index (χ1) is 9.17. The first-order valence-corrected chi connectivity index (χ1v) is 5.88. The van der Waals surface area contributed by atoms with E-state index in [1.54, 1.807) is 24.3 Å². The third-order valence-corrected chi connectivity index (χ3v) is 2.41. The molecule has 1 unspecified atom stereocenters. The molecular formula is C13H17NO5. The Morgan fingerprint density at radius 3 is 2.63 bits per heavy atom. The molecule has 1 atom stereocenters. The summed E-state index contributed by atoms with van der Waals surface area (Å²) in [4.78, 5) is 11.7. The molecule has 0 heterocycles. The average Bonchev–Trinajstić information content (AvgIpc) is 2.45. The van der Waals surface area contributed by atoms with Gasteiger partial charge in [-0.1, -0.05) is 0 Å². The number of carbonyl (C=O) groups excluding carboxylic acids is 1. The molecule has 0 spiro atoms. The second-order valence-electron chi connectivity index (χ2n) is 3.93. The van der Waals surface area contributed by atoms with E-state index < -0.39 is 6.10 Å². The molecule has 0 saturated heterocycles. The highest BCUT2D eigenvalue weighted by Gasteiger charge is 2.06. The quantitative estimate of drug-likeness (QED) is 0.280. The normalized spacial score (nSPS) is 12.5. The standard InChI is InChI=1S/C13H17NO5/c15-8-11(16)9-19-12-5-3-10(4-6-12)13(17)2-1-7-14-18/h3-7,11,15-16,18H,1-2,8-9H2. The van der Waals surface area contributed by atoms with Crippen molar-refractivity contribution >= 4 is 12.0 Å². The molecule has 0 aliphatic heterocycles. The van der Waals surface area contributed by atoms with Gasteiger partial charge in [0.1, 0.15) is 18.5 Å². The fraction of sp³-hybridized carbons (Fsp3) is 0.385. The van der Waals surface area contributed by atoms with Crippen molar-refractivity contribution < 1.29 is 25.0 Å². The molecule has 0 aromatic heterocycles. The Bertz CT molecular complexity index is 416. The zero-order valence-corrected chi connectivity index (χ0v) is 10.4. The van der Waals surface area contributed by atoms with Crippen LogP contribution in [0.5, 0.6) is 5.75 Å². The molecule has 6 heteroatoms. The van der Waals surface area contributed by atoms with Gasteiger partial charge in [0.2, 0.25) is 0 Å². The van der Waals surface area contributed by atoms with Crippen molar-refractivity contribution in [3.8, 4) is 5.75 Å². The first kappa shape index (κ1) is 15.1. The highest BCUT2D eigenvalue weighted by atomic mass is 16.5. The molecule has 3 N–H and O–H groups in total. The lowest BCUT2D eigenvalue weighted by molar-refractivity contribution is 0.0536. The molecule has 0 saturated carbocycles. The Labute approximate surface area is 110 Å². The molecule has 0 aliphatic rings. The maximum absolute atomic E-state index is 11.7. The van der Waals surface area contributed by atoms with Gasteiger partial charge in [-0.15, -0.1) is 5.16 Å². The van der Waals surface area contributed by atoms with E-state index in [1.807, 2.05) is 0 Å². The van der Waals surface area contributed by atoms with Crippen LogP contribution in [0.25, 0.3) is 0 Å². The first-order valence-electron chi connectivity index (χ1n) is 5.88. The molecule has 1 aromatic rings. The predicted molar refractivity (Wildman–Crippen MR) is 68.9 cm³/mol. The molecule has 104 valence electrons. The summed E-state index contributed by atoms with van der Waals surface area (Å²) in [7, 11) is 0. The summed E-state index contributed by atoms with van der Waals surface area (Å²) >= 11 is 0. The van der Waals surface area contributed by atoms with E-state index in [9.17, 15) is 4.79 Å². The smallest absolute Gasteiger partial charge is 0.163 e. The largest absolute Gasteiger partial charge is 0.491 e. The summed E-state index contributed by atoms with van der Waals surface area (Å²) in [6.45, 7) is -0.361. The van der Waals surface area contributed by atoms with Crippen LogP contribution in [-0.4, -0.2) is 46.7 Å². The van der Waals surface area contributed by atoms with E-state index in [1.165, 1.54) is 6.21 Å². The summed E-state index contributed by atoms with van der Waals surface area (Å²) < 4.78 is 5.22. The van der Waals surface area contributed by atoms with Gasteiger partial charge in [0.15, 0.2) is 5.78 Å². The summed E-state index contributed by atoms with van der Waals surface area (Å²) in [6.07, 6.45) is 1.01. The van der Waals surface area contributed by atoms with E-state index in [4.69, 9.17) is 20.2 Å². The minimum atomic E-state index is -0.918. The molecule has 1 rings (SSSR count). The van der Waals surface area contributed by atoms with Crippen LogP contribution in [0.15, 0.2) is 29.4 Å². The zero-order valence-electron chi connectivity index (χ0n) is 10.4. The number of nitrogens with zero attached hydrogens (tertiary/aromatic N) is 1. The number of aliphatic hydroxyl groups is 2. The molecule has 1 aromatic carbocycles. The van der Waals surface area contributed by atoms with Crippen molar-refractivity contribution in [1.82, 2.24) is 0 Å². The number of rotatable bonds is 8. The van der Waals surface area contributed by atoms with Gasteiger partial charge in [-0.25, -0.2) is 0 Å². The number of benzene rings is 1. The number of hydrogen-bond acceptors (Lipinski definition) is 6. The van der Waals surface area contributed by atoms with Crippen LogP contribution in [0, 0.1) is 0 Å². The molecule has 6 nitrogen and oxygen atoms in total. The van der Waals surface area contributed by atoms with Crippen molar-refractivity contribution in [2.24, 2.45) is 5.16 Å². The lowest BCUT2D eigenvalue weighted by Crippen LogP contribution is -2.21. The highest BCUT2D eigenvalue weighted by molar-refractivity contribution is 5.97.